The van der Waals surface area contributed by atoms with Crippen molar-refractivity contribution in [3.63, 3.8) is 0 Å². The number of hydrogen-bond donors (Lipinski definition) is 2. The number of urea groups is 1. The third-order valence-electron chi connectivity index (χ3n) is 3.94. The fourth-order valence-electron chi connectivity index (χ4n) is 2.68. The van der Waals surface area contributed by atoms with E-state index in [9.17, 15) is 9.90 Å². The molecule has 1 aliphatic heterocycles. The number of β-amino-alcohol motifs (C(OH)–C–C–N with tert-alkyl or cyclic N) is 1. The number of carbonyl (C=O) groups is 1. The topological polar surface area (TPSA) is 52.6 Å². The van der Waals surface area contributed by atoms with E-state index < -0.39 is 5.60 Å². The Morgan fingerprint density at radius 3 is 2.28 bits per heavy atom. The zero-order valence-electron chi connectivity index (χ0n) is 12.4. The Kier molecular flexibility index (Phi) is 5.02. The van der Waals surface area contributed by atoms with E-state index in [4.69, 9.17) is 0 Å². The second kappa shape index (κ2) is 5.91. The van der Waals surface area contributed by atoms with Crippen LogP contribution in [0.1, 0.15) is 41.0 Å². The molecule has 1 aliphatic rings. The molecule has 0 aromatic carbocycles. The van der Waals surface area contributed by atoms with Crippen LogP contribution in [-0.4, -0.2) is 41.3 Å². The van der Waals surface area contributed by atoms with Crippen LogP contribution in [0.3, 0.4) is 0 Å². The molecule has 2 amide bonds. The Balaban J connectivity index is 2.41. The van der Waals surface area contributed by atoms with Gasteiger partial charge in [-0.05, 0) is 31.1 Å². The van der Waals surface area contributed by atoms with E-state index in [1.54, 1.807) is 11.8 Å². The maximum absolute atomic E-state index is 12.0. The maximum Gasteiger partial charge on any atom is 0.317 e. The van der Waals surface area contributed by atoms with Crippen molar-refractivity contribution in [1.82, 2.24) is 10.2 Å². The maximum atomic E-state index is 12.0. The molecule has 0 aromatic rings. The number of nitrogens with one attached hydrogen (secondary N) is 1. The summed E-state index contributed by atoms with van der Waals surface area (Å²) in [6.45, 7) is 12.3. The summed E-state index contributed by atoms with van der Waals surface area (Å²) in [6.07, 6.45) is 0.665. The standard InChI is InChI=1S/C14H28N2O2/c1-10(2)12(11(3)4)8-15-13(17)16-7-6-14(5,18)9-16/h10-12,18H,6-9H2,1-5H3,(H,15,17). The lowest BCUT2D eigenvalue weighted by atomic mass is 9.85. The monoisotopic (exact) mass is 256 g/mol. The van der Waals surface area contributed by atoms with Crippen LogP contribution in [0.15, 0.2) is 0 Å². The molecule has 0 saturated carbocycles. The summed E-state index contributed by atoms with van der Waals surface area (Å²) in [5, 5.41) is 12.8. The summed E-state index contributed by atoms with van der Waals surface area (Å²) in [4.78, 5) is 13.7. The van der Waals surface area contributed by atoms with Crippen LogP contribution in [0.5, 0.6) is 0 Å². The normalized spacial score (nSPS) is 24.4. The number of amides is 2. The molecule has 2 N–H and O–H groups in total. The first-order chi connectivity index (χ1) is 8.23. The van der Waals surface area contributed by atoms with Crippen LogP contribution in [0.25, 0.3) is 0 Å². The van der Waals surface area contributed by atoms with E-state index in [1.165, 1.54) is 0 Å². The lowest BCUT2D eigenvalue weighted by molar-refractivity contribution is 0.0717. The van der Waals surface area contributed by atoms with Gasteiger partial charge in [-0.15, -0.1) is 0 Å². The second-order valence-corrected chi connectivity index (χ2v) is 6.51. The minimum Gasteiger partial charge on any atom is -0.388 e. The first-order valence-electron chi connectivity index (χ1n) is 6.98. The molecule has 1 heterocycles. The zero-order valence-corrected chi connectivity index (χ0v) is 12.4. The van der Waals surface area contributed by atoms with Crippen molar-refractivity contribution in [3.05, 3.63) is 0 Å². The summed E-state index contributed by atoms with van der Waals surface area (Å²) >= 11 is 0. The largest absolute Gasteiger partial charge is 0.388 e. The van der Waals surface area contributed by atoms with E-state index in [2.05, 4.69) is 33.0 Å². The van der Waals surface area contributed by atoms with Gasteiger partial charge in [0.1, 0.15) is 0 Å². The number of nitrogens with zero attached hydrogens (tertiary/aromatic N) is 1. The highest BCUT2D eigenvalue weighted by atomic mass is 16.3. The van der Waals surface area contributed by atoms with Gasteiger partial charge < -0.3 is 15.3 Å². The van der Waals surface area contributed by atoms with Crippen molar-refractivity contribution in [2.45, 2.75) is 46.6 Å². The molecule has 1 rings (SSSR count). The van der Waals surface area contributed by atoms with Gasteiger partial charge in [-0.2, -0.15) is 0 Å². The third-order valence-corrected chi connectivity index (χ3v) is 3.94. The summed E-state index contributed by atoms with van der Waals surface area (Å²) in [5.41, 5.74) is -0.715. The quantitative estimate of drug-likeness (QED) is 0.809. The minimum atomic E-state index is -0.715. The molecule has 106 valence electrons. The number of likely N-dealkylation sites (tertiary alicyclic amines) is 1. The second-order valence-electron chi connectivity index (χ2n) is 6.51. The molecular weight excluding hydrogens is 228 g/mol. The smallest absolute Gasteiger partial charge is 0.317 e. The first kappa shape index (κ1) is 15.3. The van der Waals surface area contributed by atoms with Gasteiger partial charge in [-0.1, -0.05) is 27.7 Å². The summed E-state index contributed by atoms with van der Waals surface area (Å²) < 4.78 is 0. The molecule has 1 unspecified atom stereocenters. The molecule has 0 aromatic heterocycles. The molecule has 0 radical (unpaired) electrons. The number of carbonyl (C=O) groups excluding carboxylic acids is 1. The number of hydrogen-bond acceptors (Lipinski definition) is 2. The molecular formula is C14H28N2O2. The molecule has 4 heteroatoms. The number of rotatable bonds is 4. The predicted octanol–water partition coefficient (Wildman–Crippen LogP) is 2.08. The van der Waals surface area contributed by atoms with Crippen LogP contribution in [-0.2, 0) is 0 Å². The molecule has 4 nitrogen and oxygen atoms in total. The summed E-state index contributed by atoms with van der Waals surface area (Å²) in [6, 6.07) is -0.0425. The summed E-state index contributed by atoms with van der Waals surface area (Å²) in [5.74, 6) is 1.62. The van der Waals surface area contributed by atoms with Crippen LogP contribution in [0, 0.1) is 17.8 Å². The van der Waals surface area contributed by atoms with Crippen molar-refractivity contribution in [2.24, 2.45) is 17.8 Å². The van der Waals surface area contributed by atoms with Crippen molar-refractivity contribution in [2.75, 3.05) is 19.6 Å². The average molecular weight is 256 g/mol. The van der Waals surface area contributed by atoms with E-state index >= 15 is 0 Å². The van der Waals surface area contributed by atoms with Gasteiger partial charge in [0, 0.05) is 13.1 Å². The van der Waals surface area contributed by atoms with Gasteiger partial charge in [0.05, 0.1) is 12.1 Å². The predicted molar refractivity (Wildman–Crippen MR) is 73.4 cm³/mol. The minimum absolute atomic E-state index is 0.0425. The van der Waals surface area contributed by atoms with Crippen molar-refractivity contribution in [1.29, 1.82) is 0 Å². The molecule has 18 heavy (non-hydrogen) atoms. The van der Waals surface area contributed by atoms with E-state index in [0.717, 1.165) is 0 Å². The highest BCUT2D eigenvalue weighted by Crippen LogP contribution is 2.21. The van der Waals surface area contributed by atoms with Crippen LogP contribution in [0.2, 0.25) is 0 Å². The fraction of sp³-hybridized carbons (Fsp3) is 0.929. The Morgan fingerprint density at radius 2 is 1.89 bits per heavy atom. The van der Waals surface area contributed by atoms with Crippen molar-refractivity contribution in [3.8, 4) is 0 Å². The fourth-order valence-corrected chi connectivity index (χ4v) is 2.68. The zero-order chi connectivity index (χ0) is 13.9. The molecule has 1 saturated heterocycles. The Bertz CT molecular complexity index is 280. The molecule has 1 atom stereocenters. The van der Waals surface area contributed by atoms with Gasteiger partial charge >= 0.3 is 6.03 Å². The van der Waals surface area contributed by atoms with E-state index in [0.29, 0.717) is 43.8 Å². The van der Waals surface area contributed by atoms with Crippen LogP contribution >= 0.6 is 0 Å². The van der Waals surface area contributed by atoms with Gasteiger partial charge in [0.25, 0.3) is 0 Å². The third kappa shape index (κ3) is 4.16. The molecule has 0 bridgehead atoms. The van der Waals surface area contributed by atoms with Gasteiger partial charge in [-0.25, -0.2) is 4.79 Å². The Morgan fingerprint density at radius 1 is 1.33 bits per heavy atom. The van der Waals surface area contributed by atoms with Crippen LogP contribution in [0.4, 0.5) is 4.79 Å². The van der Waals surface area contributed by atoms with Crippen molar-refractivity contribution >= 4 is 6.03 Å². The lowest BCUT2D eigenvalue weighted by Gasteiger charge is -2.27. The summed E-state index contributed by atoms with van der Waals surface area (Å²) in [7, 11) is 0. The molecule has 0 spiro atoms. The highest BCUT2D eigenvalue weighted by Gasteiger charge is 2.34. The lowest BCUT2D eigenvalue weighted by Crippen LogP contribution is -2.43. The average Bonchev–Trinajstić information content (AvgIpc) is 2.57. The first-order valence-corrected chi connectivity index (χ1v) is 6.98. The highest BCUT2D eigenvalue weighted by molar-refractivity contribution is 5.74. The van der Waals surface area contributed by atoms with Gasteiger partial charge in [-0.3, -0.25) is 0 Å². The van der Waals surface area contributed by atoms with Crippen molar-refractivity contribution < 1.29 is 9.90 Å². The SMILES string of the molecule is CC(C)C(CNC(=O)N1CCC(C)(O)C1)C(C)C. The Labute approximate surface area is 111 Å². The van der Waals surface area contributed by atoms with Crippen LogP contribution < -0.4 is 5.32 Å². The Hall–Kier alpha value is -0.770. The van der Waals surface area contributed by atoms with Gasteiger partial charge in [0.2, 0.25) is 0 Å². The van der Waals surface area contributed by atoms with Gasteiger partial charge in [0.15, 0.2) is 0 Å². The van der Waals surface area contributed by atoms with E-state index in [-0.39, 0.29) is 6.03 Å². The molecule has 1 fully saturated rings. The number of aliphatic hydroxyl groups is 1. The van der Waals surface area contributed by atoms with E-state index in [1.807, 2.05) is 0 Å². The molecule has 0 aliphatic carbocycles.